The number of benzene rings is 1. The SMILES string of the molecule is CCCCC1CSC(=S)N1S(=O)(=O)c1ccc(C)cc1. The van der Waals surface area contributed by atoms with Gasteiger partial charge < -0.3 is 0 Å². The molecule has 0 aliphatic carbocycles. The molecule has 3 nitrogen and oxygen atoms in total. The topological polar surface area (TPSA) is 37.4 Å². The van der Waals surface area contributed by atoms with Crippen LogP contribution in [0.2, 0.25) is 0 Å². The minimum atomic E-state index is -3.51. The molecule has 0 amide bonds. The molecule has 0 N–H and O–H groups in total. The van der Waals surface area contributed by atoms with Crippen LogP contribution in [0.25, 0.3) is 0 Å². The van der Waals surface area contributed by atoms with E-state index in [2.05, 4.69) is 6.92 Å². The lowest BCUT2D eigenvalue weighted by Crippen LogP contribution is -2.38. The minimum absolute atomic E-state index is 0.00115. The van der Waals surface area contributed by atoms with Gasteiger partial charge in [-0.2, -0.15) is 0 Å². The zero-order valence-corrected chi connectivity index (χ0v) is 14.2. The summed E-state index contributed by atoms with van der Waals surface area (Å²) < 4.78 is 27.4. The van der Waals surface area contributed by atoms with Crippen molar-refractivity contribution in [3.8, 4) is 0 Å². The maximum Gasteiger partial charge on any atom is 0.265 e. The van der Waals surface area contributed by atoms with Gasteiger partial charge in [0.05, 0.1) is 10.9 Å². The lowest BCUT2D eigenvalue weighted by atomic mass is 10.1. The van der Waals surface area contributed by atoms with Crippen LogP contribution >= 0.6 is 24.0 Å². The first-order valence-electron chi connectivity index (χ1n) is 6.74. The fraction of sp³-hybridized carbons (Fsp3) is 0.500. The molecule has 6 heteroatoms. The molecule has 0 radical (unpaired) electrons. The van der Waals surface area contributed by atoms with Crippen LogP contribution in [-0.4, -0.2) is 28.8 Å². The molecule has 110 valence electrons. The van der Waals surface area contributed by atoms with Crippen LogP contribution in [0.4, 0.5) is 0 Å². The molecule has 1 saturated heterocycles. The monoisotopic (exact) mass is 329 g/mol. The van der Waals surface area contributed by atoms with E-state index in [1.807, 2.05) is 19.1 Å². The van der Waals surface area contributed by atoms with E-state index in [1.54, 1.807) is 12.1 Å². The Morgan fingerprint density at radius 2 is 2.00 bits per heavy atom. The third-order valence-corrected chi connectivity index (χ3v) is 7.02. The van der Waals surface area contributed by atoms with Gasteiger partial charge in [0.2, 0.25) is 0 Å². The van der Waals surface area contributed by atoms with E-state index in [0.717, 1.165) is 30.6 Å². The van der Waals surface area contributed by atoms with E-state index in [0.29, 0.717) is 9.22 Å². The highest BCUT2D eigenvalue weighted by Gasteiger charge is 2.38. The summed E-state index contributed by atoms with van der Waals surface area (Å²) in [6.07, 6.45) is 2.95. The van der Waals surface area contributed by atoms with Crippen LogP contribution in [0.1, 0.15) is 31.7 Å². The average molecular weight is 330 g/mol. The number of unbranched alkanes of at least 4 members (excludes halogenated alkanes) is 1. The molecule has 0 bridgehead atoms. The standard InChI is InChI=1S/C14H19NO2S3/c1-3-4-5-12-10-19-14(18)15(12)20(16,17)13-8-6-11(2)7-9-13/h6-9,12H,3-5,10H2,1-2H3. The number of hydrogen-bond acceptors (Lipinski definition) is 4. The van der Waals surface area contributed by atoms with Crippen molar-refractivity contribution in [2.45, 2.75) is 44.0 Å². The molecule has 1 aromatic carbocycles. The second-order valence-corrected chi connectivity index (χ2v) is 8.46. The molecule has 1 unspecified atom stereocenters. The minimum Gasteiger partial charge on any atom is -0.247 e. The second kappa shape index (κ2) is 6.45. The van der Waals surface area contributed by atoms with Gasteiger partial charge in [-0.05, 0) is 25.5 Å². The van der Waals surface area contributed by atoms with Crippen molar-refractivity contribution in [2.75, 3.05) is 5.75 Å². The van der Waals surface area contributed by atoms with Crippen LogP contribution in [0.15, 0.2) is 29.2 Å². The third-order valence-electron chi connectivity index (χ3n) is 3.38. The van der Waals surface area contributed by atoms with Crippen molar-refractivity contribution in [3.63, 3.8) is 0 Å². The van der Waals surface area contributed by atoms with Gasteiger partial charge in [-0.15, -0.1) is 0 Å². The molecule has 0 spiro atoms. The molecule has 1 aromatic rings. The van der Waals surface area contributed by atoms with Crippen molar-refractivity contribution >= 4 is 38.3 Å². The molecule has 2 rings (SSSR count). The highest BCUT2D eigenvalue weighted by Crippen LogP contribution is 2.33. The Bertz CT molecular complexity index is 581. The van der Waals surface area contributed by atoms with Crippen molar-refractivity contribution < 1.29 is 8.42 Å². The first kappa shape index (κ1) is 15.8. The predicted molar refractivity (Wildman–Crippen MR) is 88.6 cm³/mol. The Kier molecular flexibility index (Phi) is 5.09. The summed E-state index contributed by atoms with van der Waals surface area (Å²) in [4.78, 5) is 0.328. The first-order chi connectivity index (χ1) is 9.46. The van der Waals surface area contributed by atoms with Crippen LogP contribution < -0.4 is 0 Å². The second-order valence-electron chi connectivity index (χ2n) is 4.99. The lowest BCUT2D eigenvalue weighted by Gasteiger charge is -2.25. The van der Waals surface area contributed by atoms with Crippen molar-refractivity contribution in [3.05, 3.63) is 29.8 Å². The van der Waals surface area contributed by atoms with E-state index in [4.69, 9.17) is 12.2 Å². The summed E-state index contributed by atoms with van der Waals surface area (Å²) in [5.41, 5.74) is 1.05. The van der Waals surface area contributed by atoms with Crippen LogP contribution in [-0.2, 0) is 10.0 Å². The fourth-order valence-corrected chi connectivity index (χ4v) is 5.80. The Morgan fingerprint density at radius 3 is 2.60 bits per heavy atom. The van der Waals surface area contributed by atoms with Crippen molar-refractivity contribution in [1.82, 2.24) is 4.31 Å². The maximum atomic E-state index is 12.8. The quantitative estimate of drug-likeness (QED) is 0.774. The van der Waals surface area contributed by atoms with Gasteiger partial charge in [-0.1, -0.05) is 61.4 Å². The largest absolute Gasteiger partial charge is 0.265 e. The van der Waals surface area contributed by atoms with E-state index in [1.165, 1.54) is 16.1 Å². The Balaban J connectivity index is 2.30. The van der Waals surface area contributed by atoms with E-state index in [9.17, 15) is 8.42 Å². The molecule has 0 aromatic heterocycles. The normalized spacial score (nSPS) is 19.6. The average Bonchev–Trinajstić information content (AvgIpc) is 2.78. The number of rotatable bonds is 5. The first-order valence-corrected chi connectivity index (χ1v) is 9.58. The highest BCUT2D eigenvalue weighted by atomic mass is 32.2. The van der Waals surface area contributed by atoms with Crippen LogP contribution in [0.5, 0.6) is 0 Å². The van der Waals surface area contributed by atoms with Crippen molar-refractivity contribution in [1.29, 1.82) is 0 Å². The predicted octanol–water partition coefficient (Wildman–Crippen LogP) is 3.58. The van der Waals surface area contributed by atoms with E-state index < -0.39 is 10.0 Å². The van der Waals surface area contributed by atoms with Gasteiger partial charge in [0.1, 0.15) is 0 Å². The molecule has 0 saturated carbocycles. The van der Waals surface area contributed by atoms with Gasteiger partial charge >= 0.3 is 0 Å². The molecule has 1 aliphatic rings. The van der Waals surface area contributed by atoms with Gasteiger partial charge in [-0.25, -0.2) is 12.7 Å². The summed E-state index contributed by atoms with van der Waals surface area (Å²) in [5, 5.41) is 0. The fourth-order valence-electron chi connectivity index (χ4n) is 2.21. The highest BCUT2D eigenvalue weighted by molar-refractivity contribution is 8.24. The summed E-state index contributed by atoms with van der Waals surface area (Å²) in [6.45, 7) is 4.05. The van der Waals surface area contributed by atoms with Gasteiger partial charge in [-0.3, -0.25) is 0 Å². The number of thioether (sulfide) groups is 1. The zero-order valence-electron chi connectivity index (χ0n) is 11.7. The summed E-state index contributed by atoms with van der Waals surface area (Å²) in [5.74, 6) is 0.768. The summed E-state index contributed by atoms with van der Waals surface area (Å²) >= 11 is 6.72. The number of aryl methyl sites for hydroxylation is 1. The number of sulfonamides is 1. The molecule has 1 fully saturated rings. The van der Waals surface area contributed by atoms with Gasteiger partial charge in [0.15, 0.2) is 4.32 Å². The Morgan fingerprint density at radius 1 is 1.35 bits per heavy atom. The molecule has 1 aliphatic heterocycles. The van der Waals surface area contributed by atoms with E-state index >= 15 is 0 Å². The summed E-state index contributed by atoms with van der Waals surface area (Å²) in [7, 11) is -3.51. The molecular formula is C14H19NO2S3. The van der Waals surface area contributed by atoms with Gasteiger partial charge in [0.25, 0.3) is 10.0 Å². The molecule has 1 atom stereocenters. The molecule has 1 heterocycles. The number of hydrogen-bond donors (Lipinski definition) is 0. The maximum absolute atomic E-state index is 12.8. The van der Waals surface area contributed by atoms with Crippen LogP contribution in [0.3, 0.4) is 0 Å². The van der Waals surface area contributed by atoms with Gasteiger partial charge in [0, 0.05) is 5.75 Å². The molecule has 20 heavy (non-hydrogen) atoms. The Hall–Kier alpha value is -0.590. The van der Waals surface area contributed by atoms with E-state index in [-0.39, 0.29) is 6.04 Å². The lowest BCUT2D eigenvalue weighted by molar-refractivity contribution is 0.438. The number of nitrogens with zero attached hydrogens (tertiary/aromatic N) is 1. The van der Waals surface area contributed by atoms with Crippen LogP contribution in [0, 0.1) is 6.92 Å². The smallest absolute Gasteiger partial charge is 0.247 e. The Labute approximate surface area is 130 Å². The third kappa shape index (κ3) is 3.18. The number of thiocarbonyl (C=S) groups is 1. The molecular weight excluding hydrogens is 310 g/mol. The van der Waals surface area contributed by atoms with Crippen molar-refractivity contribution in [2.24, 2.45) is 0 Å². The summed E-state index contributed by atoms with van der Waals surface area (Å²) in [6, 6.07) is 6.96. The zero-order chi connectivity index (χ0) is 14.8.